The lowest BCUT2D eigenvalue weighted by atomic mass is 9.95. The molecule has 0 radical (unpaired) electrons. The fourth-order valence-electron chi connectivity index (χ4n) is 4.05. The van der Waals surface area contributed by atoms with Crippen LogP contribution in [0, 0.1) is 5.82 Å². The van der Waals surface area contributed by atoms with Gasteiger partial charge in [-0.15, -0.1) is 0 Å². The van der Waals surface area contributed by atoms with Crippen LogP contribution in [-0.4, -0.2) is 57.7 Å². The van der Waals surface area contributed by atoms with E-state index in [1.807, 2.05) is 53.7 Å². The minimum atomic E-state index is -0.435. The summed E-state index contributed by atoms with van der Waals surface area (Å²) in [6.07, 6.45) is 6.87. The van der Waals surface area contributed by atoms with Crippen LogP contribution in [0.25, 0.3) is 22.4 Å². The summed E-state index contributed by atoms with van der Waals surface area (Å²) in [5, 5.41) is 5.10. The van der Waals surface area contributed by atoms with Gasteiger partial charge < -0.3 is 9.80 Å². The number of carbonyl (C=O) groups excluding carboxylic acids is 1. The fourth-order valence-corrected chi connectivity index (χ4v) is 4.21. The molecule has 6 nitrogen and oxygen atoms in total. The Morgan fingerprint density at radius 3 is 2.69 bits per heavy atom. The first-order valence-corrected chi connectivity index (χ1v) is 10.8. The van der Waals surface area contributed by atoms with Gasteiger partial charge in [0.25, 0.3) is 0 Å². The van der Waals surface area contributed by atoms with Crippen molar-refractivity contribution in [1.29, 1.82) is 0 Å². The SMILES string of the molecule is CC1c2c(-c3ccncc3)c(-c3ccc(Cl)cc3F)nn2CCN1C(=O)C=CCN(C)C. The highest BCUT2D eigenvalue weighted by Crippen LogP contribution is 2.41. The van der Waals surface area contributed by atoms with E-state index in [9.17, 15) is 9.18 Å². The smallest absolute Gasteiger partial charge is 0.246 e. The average Bonchev–Trinajstić information content (AvgIpc) is 3.14. The summed E-state index contributed by atoms with van der Waals surface area (Å²) >= 11 is 5.97. The zero-order chi connectivity index (χ0) is 22.8. The van der Waals surface area contributed by atoms with Gasteiger partial charge >= 0.3 is 0 Å². The number of hydrogen-bond donors (Lipinski definition) is 0. The van der Waals surface area contributed by atoms with E-state index < -0.39 is 5.82 Å². The predicted octanol–water partition coefficient (Wildman–Crippen LogP) is 4.43. The number of fused-ring (bicyclic) bond motifs is 1. The topological polar surface area (TPSA) is 54.3 Å². The fraction of sp³-hybridized carbons (Fsp3) is 0.292. The molecule has 0 bridgehead atoms. The van der Waals surface area contributed by atoms with Gasteiger partial charge in [0, 0.05) is 47.7 Å². The Kier molecular flexibility index (Phi) is 6.39. The lowest BCUT2D eigenvalue weighted by Crippen LogP contribution is -2.40. The number of halogens is 2. The van der Waals surface area contributed by atoms with E-state index in [4.69, 9.17) is 16.7 Å². The number of rotatable bonds is 5. The number of pyridine rings is 1. The number of hydrogen-bond acceptors (Lipinski definition) is 4. The van der Waals surface area contributed by atoms with Crippen molar-refractivity contribution in [2.24, 2.45) is 0 Å². The summed E-state index contributed by atoms with van der Waals surface area (Å²) in [5.74, 6) is -0.484. The zero-order valence-electron chi connectivity index (χ0n) is 18.3. The Bertz CT molecular complexity index is 1160. The minimum Gasteiger partial charge on any atom is -0.329 e. The molecule has 2 aromatic heterocycles. The molecule has 0 N–H and O–H groups in total. The van der Waals surface area contributed by atoms with Crippen molar-refractivity contribution in [2.45, 2.75) is 19.5 Å². The third-order valence-electron chi connectivity index (χ3n) is 5.58. The van der Waals surface area contributed by atoms with Crippen LogP contribution >= 0.6 is 11.6 Å². The molecule has 8 heteroatoms. The highest BCUT2D eigenvalue weighted by molar-refractivity contribution is 6.30. The maximum atomic E-state index is 14.9. The van der Waals surface area contributed by atoms with Gasteiger partial charge in [-0.3, -0.25) is 14.5 Å². The van der Waals surface area contributed by atoms with Crippen LogP contribution < -0.4 is 0 Å². The van der Waals surface area contributed by atoms with Crippen LogP contribution in [0.15, 0.2) is 54.9 Å². The molecule has 3 heterocycles. The molecule has 0 saturated heterocycles. The maximum Gasteiger partial charge on any atom is 0.246 e. The number of aromatic nitrogens is 3. The maximum absolute atomic E-state index is 14.9. The van der Waals surface area contributed by atoms with Crippen LogP contribution in [0.1, 0.15) is 18.7 Å². The van der Waals surface area contributed by atoms with Crippen molar-refractivity contribution in [2.75, 3.05) is 27.2 Å². The zero-order valence-corrected chi connectivity index (χ0v) is 19.1. The first-order valence-electron chi connectivity index (χ1n) is 10.4. The molecular weight excluding hydrogens is 429 g/mol. The van der Waals surface area contributed by atoms with Gasteiger partial charge in [-0.05, 0) is 56.9 Å². The first kappa shape index (κ1) is 22.2. The van der Waals surface area contributed by atoms with Crippen molar-refractivity contribution < 1.29 is 9.18 Å². The summed E-state index contributed by atoms with van der Waals surface area (Å²) in [5.41, 5.74) is 3.45. The number of amides is 1. The standard InChI is InChI=1S/C24H25ClFN5O/c1-16-24-22(17-8-10-27-11-9-17)23(19-7-6-18(25)15-20(19)26)28-31(24)14-13-30(16)21(32)5-4-12-29(2)3/h4-11,15-16H,12-14H2,1-3H3. The highest BCUT2D eigenvalue weighted by atomic mass is 35.5. The number of benzene rings is 1. The molecular formula is C24H25ClFN5O. The molecule has 1 atom stereocenters. The summed E-state index contributed by atoms with van der Waals surface area (Å²) < 4.78 is 16.8. The third kappa shape index (κ3) is 4.31. The first-order chi connectivity index (χ1) is 15.4. The van der Waals surface area contributed by atoms with Crippen molar-refractivity contribution in [3.63, 3.8) is 0 Å². The molecule has 4 rings (SSSR count). The second kappa shape index (κ2) is 9.22. The lowest BCUT2D eigenvalue weighted by molar-refractivity contribution is -0.129. The van der Waals surface area contributed by atoms with Crippen LogP contribution in [0.5, 0.6) is 0 Å². The lowest BCUT2D eigenvalue weighted by Gasteiger charge is -2.34. The molecule has 0 saturated carbocycles. The normalized spacial score (nSPS) is 16.1. The summed E-state index contributed by atoms with van der Waals surface area (Å²) in [6.45, 7) is 3.73. The number of carbonyl (C=O) groups is 1. The molecule has 1 aromatic carbocycles. The Morgan fingerprint density at radius 1 is 1.25 bits per heavy atom. The van der Waals surface area contributed by atoms with Gasteiger partial charge in [-0.2, -0.15) is 5.10 Å². The average molecular weight is 454 g/mol. The molecule has 0 aliphatic carbocycles. The van der Waals surface area contributed by atoms with E-state index in [1.54, 1.807) is 30.6 Å². The Hall–Kier alpha value is -3.03. The van der Waals surface area contributed by atoms with Crippen molar-refractivity contribution in [1.82, 2.24) is 24.6 Å². The molecule has 1 aliphatic heterocycles. The predicted molar refractivity (Wildman–Crippen MR) is 124 cm³/mol. The Balaban J connectivity index is 1.81. The second-order valence-corrected chi connectivity index (χ2v) is 8.50. The van der Waals surface area contributed by atoms with Gasteiger partial charge in [0.1, 0.15) is 11.5 Å². The van der Waals surface area contributed by atoms with Gasteiger partial charge in [-0.1, -0.05) is 17.7 Å². The van der Waals surface area contributed by atoms with Crippen LogP contribution in [0.4, 0.5) is 4.39 Å². The molecule has 1 amide bonds. The van der Waals surface area contributed by atoms with E-state index in [0.29, 0.717) is 35.9 Å². The quantitative estimate of drug-likeness (QED) is 0.536. The largest absolute Gasteiger partial charge is 0.329 e. The highest BCUT2D eigenvalue weighted by Gasteiger charge is 2.33. The van der Waals surface area contributed by atoms with Gasteiger partial charge in [0.2, 0.25) is 5.91 Å². The molecule has 1 unspecified atom stereocenters. The van der Waals surface area contributed by atoms with Gasteiger partial charge in [0.15, 0.2) is 0 Å². The second-order valence-electron chi connectivity index (χ2n) is 8.06. The molecule has 0 spiro atoms. The van der Waals surface area contributed by atoms with Crippen LogP contribution in [-0.2, 0) is 11.3 Å². The van der Waals surface area contributed by atoms with Crippen molar-refractivity contribution >= 4 is 17.5 Å². The summed E-state index contributed by atoms with van der Waals surface area (Å²) in [4.78, 5) is 20.9. The monoisotopic (exact) mass is 453 g/mol. The van der Waals surface area contributed by atoms with Gasteiger partial charge in [-0.25, -0.2) is 4.39 Å². The molecule has 1 aliphatic rings. The van der Waals surface area contributed by atoms with Crippen LogP contribution in [0.3, 0.4) is 0 Å². The van der Waals surface area contributed by atoms with E-state index in [2.05, 4.69) is 4.98 Å². The minimum absolute atomic E-state index is 0.0494. The molecule has 0 fully saturated rings. The number of likely N-dealkylation sites (N-methyl/N-ethyl adjacent to an activating group) is 1. The summed E-state index contributed by atoms with van der Waals surface area (Å²) in [6, 6.07) is 8.11. The Labute approximate surface area is 191 Å². The Morgan fingerprint density at radius 2 is 2.00 bits per heavy atom. The molecule has 32 heavy (non-hydrogen) atoms. The van der Waals surface area contributed by atoms with Crippen molar-refractivity contribution in [3.05, 3.63) is 71.4 Å². The third-order valence-corrected chi connectivity index (χ3v) is 5.81. The van der Waals surface area contributed by atoms with Crippen molar-refractivity contribution in [3.8, 4) is 22.4 Å². The number of nitrogens with zero attached hydrogens (tertiary/aromatic N) is 5. The molecule has 166 valence electrons. The van der Waals surface area contributed by atoms with E-state index in [0.717, 1.165) is 16.8 Å². The van der Waals surface area contributed by atoms with E-state index >= 15 is 0 Å². The summed E-state index contributed by atoms with van der Waals surface area (Å²) in [7, 11) is 3.91. The molecule has 3 aromatic rings. The van der Waals surface area contributed by atoms with E-state index in [-0.39, 0.29) is 11.9 Å². The van der Waals surface area contributed by atoms with Crippen LogP contribution in [0.2, 0.25) is 5.02 Å². The van der Waals surface area contributed by atoms with E-state index in [1.165, 1.54) is 6.07 Å². The van der Waals surface area contributed by atoms with Gasteiger partial charge in [0.05, 0.1) is 18.3 Å².